The minimum absolute atomic E-state index is 0.223. The number of hydrogen-bond donors (Lipinski definition) is 1. The largest absolute Gasteiger partial charge is 0.431 e. The quantitative estimate of drug-likeness (QED) is 0.394. The molecule has 0 aliphatic carbocycles. The first kappa shape index (κ1) is 25.2. The van der Waals surface area contributed by atoms with Gasteiger partial charge in [-0.25, -0.2) is 0 Å². The highest BCUT2D eigenvalue weighted by atomic mass is 35.5. The normalized spacial score (nSPS) is 11.6. The summed E-state index contributed by atoms with van der Waals surface area (Å²) in [5.74, 6) is 0.175. The molecule has 0 spiro atoms. The lowest BCUT2D eigenvalue weighted by molar-refractivity contribution is -0.144. The van der Waals surface area contributed by atoms with E-state index < -0.39 is 29.0 Å². The summed E-state index contributed by atoms with van der Waals surface area (Å²) in [6.45, 7) is 3.14. The molecule has 2 N–H and O–H groups in total. The van der Waals surface area contributed by atoms with Gasteiger partial charge in [0.1, 0.15) is 16.3 Å². The number of aromatic nitrogens is 1. The lowest BCUT2D eigenvalue weighted by atomic mass is 10.2. The average Bonchev–Trinajstić information content (AvgIpc) is 3.16. The smallest absolute Gasteiger partial charge is 0.397 e. The van der Waals surface area contributed by atoms with Crippen LogP contribution in [0.5, 0.6) is 0 Å². The van der Waals surface area contributed by atoms with E-state index in [0.717, 1.165) is 15.3 Å². The predicted octanol–water partition coefficient (Wildman–Crippen LogP) is 6.24. The van der Waals surface area contributed by atoms with Crippen LogP contribution in [0.3, 0.4) is 0 Å². The van der Waals surface area contributed by atoms with Gasteiger partial charge in [-0.3, -0.25) is 9.59 Å². The van der Waals surface area contributed by atoms with Crippen LogP contribution in [0.2, 0.25) is 5.02 Å². The van der Waals surface area contributed by atoms with Gasteiger partial charge in [0.25, 0.3) is 11.5 Å². The number of nitrogens with zero attached hydrogens (tertiary/aromatic N) is 2. The van der Waals surface area contributed by atoms with Crippen LogP contribution in [-0.4, -0.2) is 23.3 Å². The van der Waals surface area contributed by atoms with Crippen molar-refractivity contribution in [2.75, 3.05) is 23.4 Å². The number of benzene rings is 1. The number of nitrogen functional groups attached to an aromatic ring is 1. The van der Waals surface area contributed by atoms with Crippen molar-refractivity contribution >= 4 is 52.0 Å². The maximum Gasteiger partial charge on any atom is 0.431 e. The van der Waals surface area contributed by atoms with Crippen molar-refractivity contribution in [3.8, 4) is 10.4 Å². The molecular formula is C22H21ClF3N3O2S2. The summed E-state index contributed by atoms with van der Waals surface area (Å²) in [6, 6.07) is 9.73. The third-order valence-corrected chi connectivity index (χ3v) is 7.35. The molecule has 0 aliphatic heterocycles. The molecule has 3 rings (SSSR count). The lowest BCUT2D eigenvalue weighted by Crippen LogP contribution is -2.37. The third kappa shape index (κ3) is 5.07. The molecule has 0 radical (unpaired) electrons. The number of carbonyl (C=O) groups is 1. The van der Waals surface area contributed by atoms with Gasteiger partial charge < -0.3 is 15.2 Å². The lowest BCUT2D eigenvalue weighted by Gasteiger charge is -2.22. The fourth-order valence-corrected chi connectivity index (χ4v) is 5.60. The zero-order valence-corrected chi connectivity index (χ0v) is 20.4. The van der Waals surface area contributed by atoms with E-state index in [-0.39, 0.29) is 12.2 Å². The summed E-state index contributed by atoms with van der Waals surface area (Å²) >= 11 is 8.65. The van der Waals surface area contributed by atoms with Gasteiger partial charge in [0, 0.05) is 28.4 Å². The van der Waals surface area contributed by atoms with Crippen molar-refractivity contribution in [2.24, 2.45) is 0 Å². The summed E-state index contributed by atoms with van der Waals surface area (Å²) in [5, 5.41) is 0.583. The Labute approximate surface area is 202 Å². The second kappa shape index (κ2) is 9.82. The van der Waals surface area contributed by atoms with E-state index in [4.69, 9.17) is 17.3 Å². The number of thiophene rings is 1. The first-order valence-corrected chi connectivity index (χ1v) is 12.1. The number of carbonyl (C=O) groups excluding carboxylic acids is 1. The van der Waals surface area contributed by atoms with Gasteiger partial charge in [0.15, 0.2) is 0 Å². The molecule has 5 nitrogen and oxygen atoms in total. The first-order chi connectivity index (χ1) is 15.5. The molecule has 0 unspecified atom stereocenters. The Hall–Kier alpha value is -2.43. The highest BCUT2D eigenvalue weighted by Crippen LogP contribution is 2.39. The van der Waals surface area contributed by atoms with Crippen molar-refractivity contribution in [2.45, 2.75) is 31.5 Å². The van der Waals surface area contributed by atoms with Crippen molar-refractivity contribution in [3.05, 3.63) is 62.3 Å². The van der Waals surface area contributed by atoms with E-state index >= 15 is 0 Å². The summed E-state index contributed by atoms with van der Waals surface area (Å²) in [5.41, 5.74) is 3.89. The molecule has 0 atom stereocenters. The predicted molar refractivity (Wildman–Crippen MR) is 130 cm³/mol. The molecule has 176 valence electrons. The highest BCUT2D eigenvalue weighted by molar-refractivity contribution is 7.99. The van der Waals surface area contributed by atoms with Crippen molar-refractivity contribution in [1.82, 2.24) is 4.57 Å². The van der Waals surface area contributed by atoms with Crippen LogP contribution in [0.1, 0.15) is 29.2 Å². The maximum absolute atomic E-state index is 13.4. The van der Waals surface area contributed by atoms with E-state index in [0.29, 0.717) is 31.2 Å². The Balaban J connectivity index is 2.09. The highest BCUT2D eigenvalue weighted by Gasteiger charge is 2.36. The van der Waals surface area contributed by atoms with E-state index in [1.807, 2.05) is 25.1 Å². The number of thioether (sulfide) groups is 1. The van der Waals surface area contributed by atoms with Gasteiger partial charge in [0.05, 0.1) is 5.69 Å². The van der Waals surface area contributed by atoms with Crippen molar-refractivity contribution in [3.63, 3.8) is 0 Å². The number of hydrogen-bond acceptors (Lipinski definition) is 5. The number of nitrogens with two attached hydrogens (primary N) is 1. The zero-order valence-electron chi connectivity index (χ0n) is 18.0. The number of pyridine rings is 1. The van der Waals surface area contributed by atoms with Gasteiger partial charge in [-0.15, -0.1) is 23.1 Å². The second-order valence-electron chi connectivity index (χ2n) is 6.99. The van der Waals surface area contributed by atoms with Crippen LogP contribution in [0.4, 0.5) is 24.5 Å². The Morgan fingerprint density at radius 2 is 1.85 bits per heavy atom. The molecule has 0 saturated carbocycles. The van der Waals surface area contributed by atoms with E-state index in [9.17, 15) is 22.8 Å². The molecule has 0 bridgehead atoms. The third-order valence-electron chi connectivity index (χ3n) is 4.87. The Morgan fingerprint density at radius 3 is 2.39 bits per heavy atom. The molecule has 33 heavy (non-hydrogen) atoms. The van der Waals surface area contributed by atoms with Crippen LogP contribution in [0, 0.1) is 0 Å². The van der Waals surface area contributed by atoms with Crippen LogP contribution in [0.15, 0.2) is 46.1 Å². The average molecular weight is 516 g/mol. The molecule has 0 aliphatic rings. The summed E-state index contributed by atoms with van der Waals surface area (Å²) < 4.78 is 40.7. The van der Waals surface area contributed by atoms with Crippen molar-refractivity contribution < 1.29 is 18.0 Å². The molecular weight excluding hydrogens is 495 g/mol. The van der Waals surface area contributed by atoms with E-state index in [2.05, 4.69) is 0 Å². The fourth-order valence-electron chi connectivity index (χ4n) is 3.34. The van der Waals surface area contributed by atoms with Crippen LogP contribution in [0.25, 0.3) is 10.4 Å². The Bertz CT molecular complexity index is 1240. The SMILES string of the molecule is CCSc1cc(-c2ccc(Cl)cc2)sc1C(=O)N(C)c1c(N)cc(C(F)(F)F)n(CC)c1=O. The molecule has 3 aromatic rings. The number of halogens is 4. The van der Waals surface area contributed by atoms with Crippen LogP contribution < -0.4 is 16.2 Å². The summed E-state index contributed by atoms with van der Waals surface area (Å²) in [7, 11) is 1.34. The molecule has 0 saturated heterocycles. The van der Waals surface area contributed by atoms with Crippen LogP contribution >= 0.6 is 34.7 Å². The van der Waals surface area contributed by atoms with Gasteiger partial charge in [0.2, 0.25) is 0 Å². The topological polar surface area (TPSA) is 68.3 Å². The van der Waals surface area contributed by atoms with Gasteiger partial charge >= 0.3 is 6.18 Å². The first-order valence-electron chi connectivity index (χ1n) is 9.90. The zero-order chi connectivity index (χ0) is 24.5. The maximum atomic E-state index is 13.4. The molecule has 0 fully saturated rings. The molecule has 1 aromatic carbocycles. The monoisotopic (exact) mass is 515 g/mol. The minimum Gasteiger partial charge on any atom is -0.397 e. The van der Waals surface area contributed by atoms with Crippen LogP contribution in [-0.2, 0) is 12.7 Å². The Kier molecular flexibility index (Phi) is 7.50. The molecule has 2 heterocycles. The van der Waals surface area contributed by atoms with Gasteiger partial charge in [-0.05, 0) is 42.5 Å². The minimum atomic E-state index is -4.75. The summed E-state index contributed by atoms with van der Waals surface area (Å²) in [4.78, 5) is 29.2. The van der Waals surface area contributed by atoms with Gasteiger partial charge in [-0.1, -0.05) is 30.7 Å². The number of anilines is 2. The second-order valence-corrected chi connectivity index (χ2v) is 9.78. The standard InChI is InChI=1S/C22H21ClF3N3O2S2/c1-4-29-17(22(24,25)26)10-14(27)18(20(29)30)28(3)21(31)19-16(32-5-2)11-15(33-19)12-6-8-13(23)9-7-12/h6-11H,4-5,27H2,1-3H3. The fraction of sp³-hybridized carbons (Fsp3) is 0.273. The van der Waals surface area contributed by atoms with E-state index in [1.54, 1.807) is 12.1 Å². The van der Waals surface area contributed by atoms with Gasteiger partial charge in [-0.2, -0.15) is 13.2 Å². The molecule has 2 aromatic heterocycles. The number of alkyl halides is 3. The van der Waals surface area contributed by atoms with E-state index in [1.165, 1.54) is 37.1 Å². The number of rotatable bonds is 6. The molecule has 11 heteroatoms. The molecule has 1 amide bonds. The van der Waals surface area contributed by atoms with Crippen molar-refractivity contribution in [1.29, 1.82) is 0 Å². The number of amides is 1. The summed E-state index contributed by atoms with van der Waals surface area (Å²) in [6.07, 6.45) is -4.75. The Morgan fingerprint density at radius 1 is 1.21 bits per heavy atom.